The normalized spacial score (nSPS) is 18.6. The van der Waals surface area contributed by atoms with Crippen molar-refractivity contribution in [2.45, 2.75) is 35.6 Å². The van der Waals surface area contributed by atoms with Gasteiger partial charge in [0, 0.05) is 36.7 Å². The Kier molecular flexibility index (Phi) is 4.72. The zero-order valence-corrected chi connectivity index (χ0v) is 16.1. The number of hydrogen-bond acceptors (Lipinski definition) is 5. The molecule has 0 bridgehead atoms. The van der Waals surface area contributed by atoms with Crippen molar-refractivity contribution < 1.29 is 13.2 Å². The topological polar surface area (TPSA) is 94.0 Å². The first kappa shape index (κ1) is 18.4. The summed E-state index contributed by atoms with van der Waals surface area (Å²) in [6, 6.07) is 10.1. The predicted octanol–water partition coefficient (Wildman–Crippen LogP) is 2.87. The number of carbonyl (C=O) groups is 1. The molecule has 0 radical (unpaired) electrons. The molecule has 2 atom stereocenters. The molecule has 3 aromatic rings. The molecule has 1 fully saturated rings. The summed E-state index contributed by atoms with van der Waals surface area (Å²) in [5.74, 6) is 0.0598. The number of aromatic nitrogens is 3. The maximum absolute atomic E-state index is 12.7. The van der Waals surface area contributed by atoms with Gasteiger partial charge in [0.2, 0.25) is 15.7 Å². The number of aryl methyl sites for hydroxylation is 1. The number of anilines is 1. The van der Waals surface area contributed by atoms with E-state index >= 15 is 0 Å². The Morgan fingerprint density at radius 2 is 1.96 bits per heavy atom. The van der Waals surface area contributed by atoms with Crippen LogP contribution in [0.4, 0.5) is 5.69 Å². The summed E-state index contributed by atoms with van der Waals surface area (Å²) in [4.78, 5) is 16.9. The number of rotatable bonds is 6. The summed E-state index contributed by atoms with van der Waals surface area (Å²) in [7, 11) is -3.63. The Morgan fingerprint density at radius 3 is 2.61 bits per heavy atom. The SMILES string of the molecule is CCn1cc(S(=O)(=O)c2ccc(NC(=O)[C@@H]3C[C@H]3c3cccnc3)cc2)cn1. The van der Waals surface area contributed by atoms with Gasteiger partial charge in [-0.15, -0.1) is 0 Å². The Bertz CT molecular complexity index is 1090. The van der Waals surface area contributed by atoms with Crippen molar-refractivity contribution in [3.05, 3.63) is 66.7 Å². The molecule has 4 rings (SSSR count). The number of nitrogens with zero attached hydrogens (tertiary/aromatic N) is 3. The van der Waals surface area contributed by atoms with Crippen LogP contribution in [0.3, 0.4) is 0 Å². The van der Waals surface area contributed by atoms with Crippen LogP contribution < -0.4 is 5.32 Å². The fraction of sp³-hybridized carbons (Fsp3) is 0.250. The highest BCUT2D eigenvalue weighted by atomic mass is 32.2. The van der Waals surface area contributed by atoms with E-state index in [0.29, 0.717) is 12.2 Å². The molecule has 1 saturated carbocycles. The molecule has 1 N–H and O–H groups in total. The fourth-order valence-corrected chi connectivity index (χ4v) is 4.41. The second kappa shape index (κ2) is 7.20. The standard InChI is InChI=1S/C20H20N4O3S/c1-2-24-13-17(12-22-24)28(26,27)16-7-5-15(6-8-16)23-20(25)19-10-18(19)14-4-3-9-21-11-14/h3-9,11-13,18-19H,2,10H2,1H3,(H,23,25)/t18-,19+/m0/s1. The molecular weight excluding hydrogens is 376 g/mol. The van der Waals surface area contributed by atoms with Crippen molar-refractivity contribution >= 4 is 21.4 Å². The van der Waals surface area contributed by atoms with E-state index in [1.807, 2.05) is 19.1 Å². The molecule has 144 valence electrons. The van der Waals surface area contributed by atoms with Gasteiger partial charge < -0.3 is 5.32 Å². The van der Waals surface area contributed by atoms with E-state index in [1.54, 1.807) is 29.2 Å². The molecule has 0 saturated heterocycles. The zero-order chi connectivity index (χ0) is 19.7. The first-order valence-corrected chi connectivity index (χ1v) is 10.6. The van der Waals surface area contributed by atoms with E-state index in [1.165, 1.54) is 24.5 Å². The van der Waals surface area contributed by atoms with Gasteiger partial charge in [-0.3, -0.25) is 14.5 Å². The summed E-state index contributed by atoms with van der Waals surface area (Å²) < 4.78 is 26.9. The lowest BCUT2D eigenvalue weighted by Gasteiger charge is -2.07. The third kappa shape index (κ3) is 3.55. The molecule has 2 aromatic heterocycles. The summed E-state index contributed by atoms with van der Waals surface area (Å²) in [6.07, 6.45) is 7.16. The van der Waals surface area contributed by atoms with E-state index in [9.17, 15) is 13.2 Å². The number of amides is 1. The minimum atomic E-state index is -3.63. The van der Waals surface area contributed by atoms with Gasteiger partial charge in [0.1, 0.15) is 4.90 Å². The van der Waals surface area contributed by atoms with Crippen LogP contribution in [0.2, 0.25) is 0 Å². The summed E-state index contributed by atoms with van der Waals surface area (Å²) in [5, 5.41) is 6.88. The molecule has 2 heterocycles. The van der Waals surface area contributed by atoms with E-state index in [2.05, 4.69) is 15.4 Å². The Labute approximate surface area is 163 Å². The zero-order valence-electron chi connectivity index (χ0n) is 15.3. The monoisotopic (exact) mass is 396 g/mol. The number of carbonyl (C=O) groups excluding carboxylic acids is 1. The van der Waals surface area contributed by atoms with E-state index in [-0.39, 0.29) is 27.5 Å². The highest BCUT2D eigenvalue weighted by Gasteiger charge is 2.44. The Balaban J connectivity index is 1.43. The van der Waals surface area contributed by atoms with E-state index in [0.717, 1.165) is 12.0 Å². The summed E-state index contributed by atoms with van der Waals surface area (Å²) in [5.41, 5.74) is 1.64. The van der Waals surface area contributed by atoms with Crippen molar-refractivity contribution in [2.75, 3.05) is 5.32 Å². The van der Waals surface area contributed by atoms with Crippen LogP contribution in [-0.2, 0) is 21.2 Å². The van der Waals surface area contributed by atoms with Gasteiger partial charge in [0.05, 0.1) is 11.1 Å². The third-order valence-electron chi connectivity index (χ3n) is 4.92. The van der Waals surface area contributed by atoms with Crippen LogP contribution in [0.15, 0.2) is 71.0 Å². The van der Waals surface area contributed by atoms with Crippen molar-refractivity contribution in [3.63, 3.8) is 0 Å². The summed E-state index contributed by atoms with van der Waals surface area (Å²) in [6.45, 7) is 2.49. The molecule has 1 aromatic carbocycles. The van der Waals surface area contributed by atoms with Crippen LogP contribution >= 0.6 is 0 Å². The minimum absolute atomic E-state index is 0.0614. The first-order valence-electron chi connectivity index (χ1n) is 9.07. The second-order valence-electron chi connectivity index (χ2n) is 6.78. The molecule has 0 unspecified atom stereocenters. The van der Waals surface area contributed by atoms with Gasteiger partial charge in [0.25, 0.3) is 0 Å². The molecule has 8 heteroatoms. The maximum atomic E-state index is 12.7. The lowest BCUT2D eigenvalue weighted by Crippen LogP contribution is -2.14. The van der Waals surface area contributed by atoms with Crippen LogP contribution in [0.25, 0.3) is 0 Å². The molecule has 28 heavy (non-hydrogen) atoms. The lowest BCUT2D eigenvalue weighted by atomic mass is 10.1. The van der Waals surface area contributed by atoms with Crippen molar-refractivity contribution in [1.82, 2.24) is 14.8 Å². The lowest BCUT2D eigenvalue weighted by molar-refractivity contribution is -0.117. The van der Waals surface area contributed by atoms with Crippen molar-refractivity contribution in [1.29, 1.82) is 0 Å². The smallest absolute Gasteiger partial charge is 0.228 e. The van der Waals surface area contributed by atoms with E-state index in [4.69, 9.17) is 0 Å². The molecule has 0 aliphatic heterocycles. The number of sulfone groups is 1. The number of benzene rings is 1. The van der Waals surface area contributed by atoms with Crippen molar-refractivity contribution in [2.24, 2.45) is 5.92 Å². The van der Waals surface area contributed by atoms with Crippen LogP contribution in [0.1, 0.15) is 24.8 Å². The average Bonchev–Trinajstić information content (AvgIpc) is 3.37. The van der Waals surface area contributed by atoms with E-state index < -0.39 is 9.84 Å². The predicted molar refractivity (Wildman–Crippen MR) is 104 cm³/mol. The molecule has 7 nitrogen and oxygen atoms in total. The van der Waals surface area contributed by atoms with Gasteiger partial charge >= 0.3 is 0 Å². The van der Waals surface area contributed by atoms with Gasteiger partial charge in [-0.1, -0.05) is 6.07 Å². The number of hydrogen-bond donors (Lipinski definition) is 1. The minimum Gasteiger partial charge on any atom is -0.326 e. The van der Waals surface area contributed by atoms with Crippen LogP contribution in [0.5, 0.6) is 0 Å². The molecular formula is C20H20N4O3S. The Hall–Kier alpha value is -3.00. The third-order valence-corrected chi connectivity index (χ3v) is 6.64. The second-order valence-corrected chi connectivity index (χ2v) is 8.73. The molecule has 1 amide bonds. The van der Waals surface area contributed by atoms with Gasteiger partial charge in [-0.2, -0.15) is 5.10 Å². The fourth-order valence-electron chi connectivity index (χ4n) is 3.19. The molecule has 1 aliphatic carbocycles. The Morgan fingerprint density at radius 1 is 1.18 bits per heavy atom. The number of nitrogens with one attached hydrogen (secondary N) is 1. The highest BCUT2D eigenvalue weighted by molar-refractivity contribution is 7.91. The highest BCUT2D eigenvalue weighted by Crippen LogP contribution is 2.47. The van der Waals surface area contributed by atoms with Crippen LogP contribution in [0, 0.1) is 5.92 Å². The number of pyridine rings is 1. The largest absolute Gasteiger partial charge is 0.326 e. The van der Waals surface area contributed by atoms with Gasteiger partial charge in [0.15, 0.2) is 0 Å². The van der Waals surface area contributed by atoms with Crippen LogP contribution in [-0.4, -0.2) is 29.1 Å². The van der Waals surface area contributed by atoms with Gasteiger partial charge in [-0.05, 0) is 55.2 Å². The van der Waals surface area contributed by atoms with Crippen molar-refractivity contribution in [3.8, 4) is 0 Å². The first-order chi connectivity index (χ1) is 13.5. The quantitative estimate of drug-likeness (QED) is 0.691. The van der Waals surface area contributed by atoms with Gasteiger partial charge in [-0.25, -0.2) is 8.42 Å². The summed E-state index contributed by atoms with van der Waals surface area (Å²) >= 11 is 0. The molecule has 0 spiro atoms. The maximum Gasteiger partial charge on any atom is 0.228 e. The molecule has 1 aliphatic rings. The average molecular weight is 396 g/mol.